The van der Waals surface area contributed by atoms with Gasteiger partial charge in [-0.2, -0.15) is 0 Å². The average molecular weight is 410 g/mol. The standard InChI is InChI=1S/C22H22N2O4S/c1-2-24(19-11-4-3-5-12-19)29(27,28)20-13-8-10-17(15-20)22(26)23-16-18-9-6-7-14-21(18)25/h3-15,25H,2,16H2,1H3,(H,23,26). The highest BCUT2D eigenvalue weighted by atomic mass is 32.2. The van der Waals surface area contributed by atoms with Crippen molar-refractivity contribution in [2.24, 2.45) is 0 Å². The van der Waals surface area contributed by atoms with Gasteiger partial charge in [-0.3, -0.25) is 9.10 Å². The van der Waals surface area contributed by atoms with Crippen LogP contribution in [0.25, 0.3) is 0 Å². The minimum atomic E-state index is -3.82. The van der Waals surface area contributed by atoms with Gasteiger partial charge in [0, 0.05) is 24.2 Å². The topological polar surface area (TPSA) is 86.7 Å². The zero-order valence-corrected chi connectivity index (χ0v) is 16.8. The van der Waals surface area contributed by atoms with Gasteiger partial charge >= 0.3 is 0 Å². The minimum absolute atomic E-state index is 0.0402. The third-order valence-corrected chi connectivity index (χ3v) is 6.35. The highest BCUT2D eigenvalue weighted by molar-refractivity contribution is 7.92. The van der Waals surface area contributed by atoms with E-state index in [1.54, 1.807) is 61.5 Å². The molecule has 0 aliphatic rings. The first kappa shape index (κ1) is 20.4. The number of nitrogens with one attached hydrogen (secondary N) is 1. The van der Waals surface area contributed by atoms with E-state index in [4.69, 9.17) is 0 Å². The zero-order valence-electron chi connectivity index (χ0n) is 15.9. The summed E-state index contributed by atoms with van der Waals surface area (Å²) < 4.78 is 27.5. The molecule has 0 saturated heterocycles. The summed E-state index contributed by atoms with van der Waals surface area (Å²) in [5.74, 6) is -0.335. The Balaban J connectivity index is 1.82. The van der Waals surface area contributed by atoms with Crippen LogP contribution in [0, 0.1) is 0 Å². The van der Waals surface area contributed by atoms with Crippen molar-refractivity contribution in [3.05, 3.63) is 90.0 Å². The number of hydrogen-bond acceptors (Lipinski definition) is 4. The second-order valence-electron chi connectivity index (χ2n) is 6.34. The van der Waals surface area contributed by atoms with E-state index in [1.807, 2.05) is 6.07 Å². The van der Waals surface area contributed by atoms with Crippen molar-refractivity contribution in [1.82, 2.24) is 5.32 Å². The van der Waals surface area contributed by atoms with E-state index in [0.717, 1.165) is 0 Å². The number of phenolic OH excluding ortho intramolecular Hbond substituents is 1. The maximum Gasteiger partial charge on any atom is 0.264 e. The Morgan fingerprint density at radius 3 is 2.34 bits per heavy atom. The summed E-state index contributed by atoms with van der Waals surface area (Å²) >= 11 is 0. The molecule has 0 saturated carbocycles. The van der Waals surface area contributed by atoms with E-state index < -0.39 is 15.9 Å². The second kappa shape index (κ2) is 8.79. The van der Waals surface area contributed by atoms with Gasteiger partial charge in [0.05, 0.1) is 10.6 Å². The lowest BCUT2D eigenvalue weighted by atomic mass is 10.2. The van der Waals surface area contributed by atoms with Gasteiger partial charge in [-0.1, -0.05) is 42.5 Å². The third kappa shape index (κ3) is 4.57. The number of amides is 1. The fourth-order valence-electron chi connectivity index (χ4n) is 2.95. The van der Waals surface area contributed by atoms with Gasteiger partial charge in [0.1, 0.15) is 5.75 Å². The van der Waals surface area contributed by atoms with E-state index in [1.165, 1.54) is 22.5 Å². The van der Waals surface area contributed by atoms with Gasteiger partial charge in [-0.25, -0.2) is 8.42 Å². The SMILES string of the molecule is CCN(c1ccccc1)S(=O)(=O)c1cccc(C(=O)NCc2ccccc2O)c1. The Morgan fingerprint density at radius 2 is 1.66 bits per heavy atom. The van der Waals surface area contributed by atoms with Crippen LogP contribution in [0.4, 0.5) is 5.69 Å². The smallest absolute Gasteiger partial charge is 0.264 e. The molecular weight excluding hydrogens is 388 g/mol. The van der Waals surface area contributed by atoms with Crippen LogP contribution in [0.1, 0.15) is 22.8 Å². The number of nitrogens with zero attached hydrogens (tertiary/aromatic N) is 1. The summed E-state index contributed by atoms with van der Waals surface area (Å²) in [5.41, 5.74) is 1.36. The first-order chi connectivity index (χ1) is 13.9. The van der Waals surface area contributed by atoms with E-state index >= 15 is 0 Å². The molecule has 0 heterocycles. The summed E-state index contributed by atoms with van der Waals surface area (Å²) in [7, 11) is -3.82. The average Bonchev–Trinajstić information content (AvgIpc) is 2.74. The van der Waals surface area contributed by atoms with Crippen LogP contribution in [-0.2, 0) is 16.6 Å². The molecule has 0 fully saturated rings. The zero-order chi connectivity index (χ0) is 20.9. The first-order valence-corrected chi connectivity index (χ1v) is 10.6. The number of carbonyl (C=O) groups is 1. The molecule has 7 heteroatoms. The van der Waals surface area contributed by atoms with Crippen LogP contribution in [0.5, 0.6) is 5.75 Å². The number of rotatable bonds is 7. The predicted molar refractivity (Wildman–Crippen MR) is 112 cm³/mol. The molecule has 29 heavy (non-hydrogen) atoms. The van der Waals surface area contributed by atoms with Crippen molar-refractivity contribution in [2.75, 3.05) is 10.8 Å². The molecule has 0 aliphatic heterocycles. The highest BCUT2D eigenvalue weighted by Gasteiger charge is 2.24. The van der Waals surface area contributed by atoms with Crippen molar-refractivity contribution in [3.63, 3.8) is 0 Å². The molecule has 3 aromatic rings. The van der Waals surface area contributed by atoms with Crippen molar-refractivity contribution in [2.45, 2.75) is 18.4 Å². The number of para-hydroxylation sites is 2. The lowest BCUT2D eigenvalue weighted by Gasteiger charge is -2.23. The van der Waals surface area contributed by atoms with E-state index in [9.17, 15) is 18.3 Å². The Labute approximate surface area is 170 Å². The molecule has 1 amide bonds. The lowest BCUT2D eigenvalue weighted by molar-refractivity contribution is 0.0950. The molecule has 0 unspecified atom stereocenters. The van der Waals surface area contributed by atoms with Gasteiger partial charge in [0.2, 0.25) is 0 Å². The number of carbonyl (C=O) groups excluding carboxylic acids is 1. The van der Waals surface area contributed by atoms with Gasteiger partial charge in [0.15, 0.2) is 0 Å². The fourth-order valence-corrected chi connectivity index (χ4v) is 4.47. The Kier molecular flexibility index (Phi) is 6.19. The monoisotopic (exact) mass is 410 g/mol. The first-order valence-electron chi connectivity index (χ1n) is 9.16. The number of anilines is 1. The lowest BCUT2D eigenvalue weighted by Crippen LogP contribution is -2.31. The molecule has 0 radical (unpaired) electrons. The van der Waals surface area contributed by atoms with Crippen molar-refractivity contribution in [3.8, 4) is 5.75 Å². The highest BCUT2D eigenvalue weighted by Crippen LogP contribution is 2.24. The van der Waals surface area contributed by atoms with Crippen LogP contribution >= 0.6 is 0 Å². The number of sulfonamides is 1. The number of aromatic hydroxyl groups is 1. The second-order valence-corrected chi connectivity index (χ2v) is 8.21. The molecule has 6 nitrogen and oxygen atoms in total. The minimum Gasteiger partial charge on any atom is -0.508 e. The van der Waals surface area contributed by atoms with Gasteiger partial charge < -0.3 is 10.4 Å². The van der Waals surface area contributed by atoms with E-state index in [-0.39, 0.29) is 29.3 Å². The van der Waals surface area contributed by atoms with Crippen molar-refractivity contribution in [1.29, 1.82) is 0 Å². The molecule has 0 bridgehead atoms. The fraction of sp³-hybridized carbons (Fsp3) is 0.136. The molecule has 150 valence electrons. The molecule has 2 N–H and O–H groups in total. The Hall–Kier alpha value is -3.32. The maximum atomic E-state index is 13.1. The van der Waals surface area contributed by atoms with Crippen LogP contribution in [-0.4, -0.2) is 26.0 Å². The number of phenols is 1. The van der Waals surface area contributed by atoms with Gasteiger partial charge in [-0.05, 0) is 43.3 Å². The number of benzene rings is 3. The quantitative estimate of drug-likeness (QED) is 0.624. The van der Waals surface area contributed by atoms with Crippen LogP contribution < -0.4 is 9.62 Å². The molecular formula is C22H22N2O4S. The van der Waals surface area contributed by atoms with Crippen molar-refractivity contribution < 1.29 is 18.3 Å². The molecule has 0 atom stereocenters. The molecule has 3 rings (SSSR count). The summed E-state index contributed by atoms with van der Waals surface area (Å²) in [5, 5.41) is 12.5. The van der Waals surface area contributed by atoms with Crippen LogP contribution in [0.15, 0.2) is 83.8 Å². The third-order valence-electron chi connectivity index (χ3n) is 4.45. The van der Waals surface area contributed by atoms with Gasteiger partial charge in [-0.15, -0.1) is 0 Å². The summed E-state index contributed by atoms with van der Waals surface area (Å²) in [4.78, 5) is 12.6. The van der Waals surface area contributed by atoms with Crippen molar-refractivity contribution >= 4 is 21.6 Å². The summed E-state index contributed by atoms with van der Waals surface area (Å²) in [6, 6.07) is 21.5. The Bertz CT molecular complexity index is 1100. The predicted octanol–water partition coefficient (Wildman–Crippen LogP) is 3.54. The summed E-state index contributed by atoms with van der Waals surface area (Å²) in [6.45, 7) is 2.15. The Morgan fingerprint density at radius 1 is 0.966 bits per heavy atom. The molecule has 0 aromatic heterocycles. The largest absolute Gasteiger partial charge is 0.508 e. The number of hydrogen-bond donors (Lipinski definition) is 2. The van der Waals surface area contributed by atoms with E-state index in [0.29, 0.717) is 11.3 Å². The van der Waals surface area contributed by atoms with Crippen LogP contribution in [0.2, 0.25) is 0 Å². The molecule has 0 spiro atoms. The normalized spacial score (nSPS) is 11.1. The van der Waals surface area contributed by atoms with Crippen LogP contribution in [0.3, 0.4) is 0 Å². The molecule has 0 aliphatic carbocycles. The maximum absolute atomic E-state index is 13.1. The summed E-state index contributed by atoms with van der Waals surface area (Å²) in [6.07, 6.45) is 0. The molecule has 3 aromatic carbocycles. The van der Waals surface area contributed by atoms with E-state index in [2.05, 4.69) is 5.32 Å². The van der Waals surface area contributed by atoms with Gasteiger partial charge in [0.25, 0.3) is 15.9 Å².